The molecule has 0 saturated carbocycles. The van der Waals surface area contributed by atoms with Crippen molar-refractivity contribution in [2.75, 3.05) is 5.75 Å². The van der Waals surface area contributed by atoms with Crippen LogP contribution in [0.25, 0.3) is 10.2 Å². The molecule has 130 valence electrons. The van der Waals surface area contributed by atoms with Crippen molar-refractivity contribution in [1.29, 1.82) is 0 Å². The molecule has 2 aromatic carbocycles. The van der Waals surface area contributed by atoms with Crippen molar-refractivity contribution in [2.24, 2.45) is 0 Å². The average Bonchev–Trinajstić information content (AvgIpc) is 3.01. The summed E-state index contributed by atoms with van der Waals surface area (Å²) < 4.78 is 1.98. The van der Waals surface area contributed by atoms with Crippen molar-refractivity contribution in [1.82, 2.24) is 10.3 Å². The zero-order valence-electron chi connectivity index (χ0n) is 13.9. The molecule has 1 amide bonds. The maximum Gasteiger partial charge on any atom is 0.230 e. The molecule has 0 spiro atoms. The summed E-state index contributed by atoms with van der Waals surface area (Å²) in [5, 5.41) is 3.74. The number of aromatic nitrogens is 1. The topological polar surface area (TPSA) is 42.0 Å². The molecule has 0 aliphatic rings. The number of nitrogens with one attached hydrogen (secondary N) is 1. The molecule has 25 heavy (non-hydrogen) atoms. The number of rotatable bonds is 7. The number of amides is 1. The Morgan fingerprint density at radius 2 is 2.08 bits per heavy atom. The van der Waals surface area contributed by atoms with Crippen LogP contribution in [0.1, 0.15) is 18.9 Å². The summed E-state index contributed by atoms with van der Waals surface area (Å²) in [6, 6.07) is 16.2. The molecule has 0 aliphatic carbocycles. The van der Waals surface area contributed by atoms with Gasteiger partial charge in [0.25, 0.3) is 0 Å². The molecule has 0 aliphatic heterocycles. The van der Waals surface area contributed by atoms with E-state index in [9.17, 15) is 4.79 Å². The van der Waals surface area contributed by atoms with Crippen LogP contribution >= 0.6 is 34.7 Å². The zero-order valence-corrected chi connectivity index (χ0v) is 16.3. The zero-order chi connectivity index (χ0) is 17.6. The molecule has 1 heterocycles. The molecule has 1 atom stereocenters. The maximum atomic E-state index is 12.1. The van der Waals surface area contributed by atoms with E-state index in [-0.39, 0.29) is 11.9 Å². The SMILES string of the molecule is CC(CCc1ccccc1)NC(=O)CSc1nc2cc(Cl)ccc2s1. The van der Waals surface area contributed by atoms with Crippen molar-refractivity contribution in [2.45, 2.75) is 30.1 Å². The van der Waals surface area contributed by atoms with E-state index in [4.69, 9.17) is 11.6 Å². The Labute approximate surface area is 160 Å². The first-order valence-corrected chi connectivity index (χ1v) is 10.3. The standard InChI is InChI=1S/C19H19ClN2OS2/c1-13(7-8-14-5-3-2-4-6-14)21-18(23)12-24-19-22-16-11-15(20)9-10-17(16)25-19/h2-6,9-11,13H,7-8,12H2,1H3,(H,21,23). The van der Waals surface area contributed by atoms with Crippen LogP contribution < -0.4 is 5.32 Å². The molecule has 3 aromatic rings. The lowest BCUT2D eigenvalue weighted by molar-refractivity contribution is -0.119. The van der Waals surface area contributed by atoms with Gasteiger partial charge in [-0.25, -0.2) is 4.98 Å². The summed E-state index contributed by atoms with van der Waals surface area (Å²) in [6.07, 6.45) is 1.90. The molecule has 0 saturated heterocycles. The summed E-state index contributed by atoms with van der Waals surface area (Å²) in [7, 11) is 0. The fourth-order valence-electron chi connectivity index (χ4n) is 2.48. The van der Waals surface area contributed by atoms with Gasteiger partial charge in [0.1, 0.15) is 0 Å². The predicted octanol–water partition coefficient (Wildman–Crippen LogP) is 5.18. The number of nitrogens with zero attached hydrogens (tertiary/aromatic N) is 1. The van der Waals surface area contributed by atoms with Gasteiger partial charge in [-0.2, -0.15) is 0 Å². The summed E-state index contributed by atoms with van der Waals surface area (Å²) >= 11 is 9.04. The molecule has 1 aromatic heterocycles. The third kappa shape index (κ3) is 5.46. The molecule has 3 nitrogen and oxygen atoms in total. The number of hydrogen-bond donors (Lipinski definition) is 1. The van der Waals surface area contributed by atoms with E-state index in [2.05, 4.69) is 22.4 Å². The Bertz CT molecular complexity index is 851. The second kappa shape index (κ2) is 8.70. The van der Waals surface area contributed by atoms with Gasteiger partial charge in [0.05, 0.1) is 16.0 Å². The van der Waals surface area contributed by atoms with Gasteiger partial charge in [-0.1, -0.05) is 53.7 Å². The molecule has 1 N–H and O–H groups in total. The smallest absolute Gasteiger partial charge is 0.230 e. The highest BCUT2D eigenvalue weighted by molar-refractivity contribution is 8.01. The van der Waals surface area contributed by atoms with Gasteiger partial charge in [0, 0.05) is 11.1 Å². The number of benzene rings is 2. The van der Waals surface area contributed by atoms with E-state index in [1.54, 1.807) is 11.3 Å². The van der Waals surface area contributed by atoms with Gasteiger partial charge in [0.2, 0.25) is 5.91 Å². The van der Waals surface area contributed by atoms with Crippen molar-refractivity contribution in [3.8, 4) is 0 Å². The van der Waals surface area contributed by atoms with Crippen LogP contribution in [0.5, 0.6) is 0 Å². The Kier molecular flexibility index (Phi) is 6.34. The number of halogens is 1. The number of hydrogen-bond acceptors (Lipinski definition) is 4. The van der Waals surface area contributed by atoms with Crippen molar-refractivity contribution < 1.29 is 4.79 Å². The van der Waals surface area contributed by atoms with E-state index in [0.29, 0.717) is 10.8 Å². The van der Waals surface area contributed by atoms with Gasteiger partial charge >= 0.3 is 0 Å². The first-order chi connectivity index (χ1) is 12.1. The Morgan fingerprint density at radius 3 is 2.88 bits per heavy atom. The third-order valence-corrected chi connectivity index (χ3v) is 6.19. The molecular weight excluding hydrogens is 372 g/mol. The van der Waals surface area contributed by atoms with Gasteiger partial charge < -0.3 is 5.32 Å². The Hall–Kier alpha value is -1.56. The van der Waals surface area contributed by atoms with Crippen molar-refractivity contribution in [3.05, 3.63) is 59.1 Å². The Balaban J connectivity index is 1.45. The number of carbonyl (C=O) groups excluding carboxylic acids is 1. The summed E-state index contributed by atoms with van der Waals surface area (Å²) in [4.78, 5) is 16.6. The maximum absolute atomic E-state index is 12.1. The van der Waals surface area contributed by atoms with Crippen LogP contribution in [-0.2, 0) is 11.2 Å². The number of aryl methyl sites for hydroxylation is 1. The third-order valence-electron chi connectivity index (χ3n) is 3.77. The normalized spacial score (nSPS) is 12.2. The van der Waals surface area contributed by atoms with E-state index >= 15 is 0 Å². The number of fused-ring (bicyclic) bond motifs is 1. The van der Waals surface area contributed by atoms with E-state index in [1.165, 1.54) is 17.3 Å². The van der Waals surface area contributed by atoms with Crippen LogP contribution in [0.2, 0.25) is 5.02 Å². The Morgan fingerprint density at radius 1 is 1.28 bits per heavy atom. The van der Waals surface area contributed by atoms with Gasteiger partial charge in [0.15, 0.2) is 4.34 Å². The van der Waals surface area contributed by atoms with E-state index < -0.39 is 0 Å². The second-order valence-electron chi connectivity index (χ2n) is 5.87. The molecule has 3 rings (SSSR count). The van der Waals surface area contributed by atoms with Crippen LogP contribution in [0.3, 0.4) is 0 Å². The monoisotopic (exact) mass is 390 g/mol. The van der Waals surface area contributed by atoms with Crippen LogP contribution in [-0.4, -0.2) is 22.7 Å². The lowest BCUT2D eigenvalue weighted by atomic mass is 10.1. The summed E-state index contributed by atoms with van der Waals surface area (Å²) in [5.74, 6) is 0.423. The molecule has 0 radical (unpaired) electrons. The minimum atomic E-state index is 0.0443. The molecule has 0 fully saturated rings. The number of thiazole rings is 1. The first-order valence-electron chi connectivity index (χ1n) is 8.12. The van der Waals surface area contributed by atoms with Gasteiger partial charge in [-0.3, -0.25) is 4.79 Å². The lowest BCUT2D eigenvalue weighted by Crippen LogP contribution is -2.34. The summed E-state index contributed by atoms with van der Waals surface area (Å²) in [5.41, 5.74) is 2.18. The predicted molar refractivity (Wildman–Crippen MR) is 108 cm³/mol. The highest BCUT2D eigenvalue weighted by atomic mass is 35.5. The minimum Gasteiger partial charge on any atom is -0.353 e. The number of carbonyl (C=O) groups is 1. The van der Waals surface area contributed by atoms with Crippen molar-refractivity contribution in [3.63, 3.8) is 0 Å². The average molecular weight is 391 g/mol. The molecule has 1 unspecified atom stereocenters. The van der Waals surface area contributed by atoms with Crippen LogP contribution in [0.15, 0.2) is 52.9 Å². The highest BCUT2D eigenvalue weighted by Crippen LogP contribution is 2.30. The second-order valence-corrected chi connectivity index (χ2v) is 8.56. The fraction of sp³-hybridized carbons (Fsp3) is 0.263. The minimum absolute atomic E-state index is 0.0443. The fourth-order valence-corrected chi connectivity index (χ4v) is 4.51. The van der Waals surface area contributed by atoms with Gasteiger partial charge in [-0.15, -0.1) is 11.3 Å². The van der Waals surface area contributed by atoms with E-state index in [0.717, 1.165) is 27.4 Å². The van der Waals surface area contributed by atoms with Gasteiger partial charge in [-0.05, 0) is 43.5 Å². The quantitative estimate of drug-likeness (QED) is 0.565. The first kappa shape index (κ1) is 18.2. The lowest BCUT2D eigenvalue weighted by Gasteiger charge is -2.13. The molecule has 6 heteroatoms. The number of thioether (sulfide) groups is 1. The summed E-state index contributed by atoms with van der Waals surface area (Å²) in [6.45, 7) is 2.05. The highest BCUT2D eigenvalue weighted by Gasteiger charge is 2.11. The molecular formula is C19H19ClN2OS2. The van der Waals surface area contributed by atoms with Crippen LogP contribution in [0.4, 0.5) is 0 Å². The van der Waals surface area contributed by atoms with Crippen LogP contribution in [0, 0.1) is 0 Å². The van der Waals surface area contributed by atoms with E-state index in [1.807, 2.05) is 43.3 Å². The molecule has 0 bridgehead atoms. The van der Waals surface area contributed by atoms with Crippen molar-refractivity contribution >= 4 is 50.8 Å². The largest absolute Gasteiger partial charge is 0.353 e.